The van der Waals surface area contributed by atoms with Crippen LogP contribution in [0.2, 0.25) is 0 Å². The number of nitrogens with one attached hydrogen (secondary N) is 1. The van der Waals surface area contributed by atoms with Crippen LogP contribution in [0.15, 0.2) is 91.0 Å². The molecule has 0 radical (unpaired) electrons. The highest BCUT2D eigenvalue weighted by Crippen LogP contribution is 2.44. The molecule has 0 bridgehead atoms. The summed E-state index contributed by atoms with van der Waals surface area (Å²) in [7, 11) is 0. The molecule has 4 aromatic rings. The molecule has 4 aromatic carbocycles. The lowest BCUT2D eigenvalue weighted by molar-refractivity contribution is -0.385. The number of fused-ring (bicyclic) bond motifs is 2. The van der Waals surface area contributed by atoms with Crippen molar-refractivity contribution >= 4 is 28.9 Å². The Hall–Kier alpha value is -5.18. The molecule has 0 aliphatic carbocycles. The number of nitrogens with zero attached hydrogens (tertiary/aromatic N) is 3. The Kier molecular flexibility index (Phi) is 6.84. The lowest BCUT2D eigenvalue weighted by Gasteiger charge is -2.38. The maximum absolute atomic E-state index is 13.8. The van der Waals surface area contributed by atoms with Crippen molar-refractivity contribution < 1.29 is 19.2 Å². The Morgan fingerprint density at radius 1 is 0.854 bits per heavy atom. The predicted octanol–water partition coefficient (Wildman–Crippen LogP) is 5.74. The molecule has 1 fully saturated rings. The number of nitro benzene ring substituents is 1. The highest BCUT2D eigenvalue weighted by atomic mass is 16.6. The van der Waals surface area contributed by atoms with Crippen LogP contribution in [-0.2, 0) is 4.79 Å². The van der Waals surface area contributed by atoms with Crippen LogP contribution in [0.4, 0.5) is 17.1 Å². The van der Waals surface area contributed by atoms with Gasteiger partial charge in [-0.05, 0) is 49.4 Å². The maximum Gasteiger partial charge on any atom is 0.273 e. The molecule has 0 atom stereocenters. The zero-order valence-electron chi connectivity index (χ0n) is 22.4. The third-order valence-electron chi connectivity index (χ3n) is 7.68. The Balaban J connectivity index is 1.10. The smallest absolute Gasteiger partial charge is 0.273 e. The molecule has 2 amide bonds. The molecule has 9 heteroatoms. The van der Waals surface area contributed by atoms with Gasteiger partial charge in [0, 0.05) is 65.9 Å². The molecule has 6 rings (SSSR count). The molecule has 2 aliphatic rings. The van der Waals surface area contributed by atoms with Crippen molar-refractivity contribution in [1.82, 2.24) is 4.90 Å². The first-order chi connectivity index (χ1) is 19.9. The molecule has 0 aromatic heterocycles. The number of carbonyl (C=O) groups is 2. The van der Waals surface area contributed by atoms with Crippen molar-refractivity contribution in [3.8, 4) is 11.5 Å². The summed E-state index contributed by atoms with van der Waals surface area (Å²) in [4.78, 5) is 41.4. The number of hydrogen-bond donors (Lipinski definition) is 1. The second-order valence-corrected chi connectivity index (χ2v) is 10.2. The number of carbonyl (C=O) groups excluding carboxylic acids is 2. The van der Waals surface area contributed by atoms with Crippen molar-refractivity contribution in [1.29, 1.82) is 0 Å². The van der Waals surface area contributed by atoms with Gasteiger partial charge >= 0.3 is 0 Å². The summed E-state index contributed by atoms with van der Waals surface area (Å²) in [6.45, 7) is 4.17. The van der Waals surface area contributed by atoms with E-state index in [-0.39, 0.29) is 17.2 Å². The third kappa shape index (κ3) is 5.09. The topological polar surface area (TPSA) is 105 Å². The largest absolute Gasteiger partial charge is 0.457 e. The van der Waals surface area contributed by atoms with E-state index in [1.807, 2.05) is 77.7 Å². The number of nitro groups is 1. The summed E-state index contributed by atoms with van der Waals surface area (Å²) in [5.41, 5.74) is 3.99. The lowest BCUT2D eigenvalue weighted by atomic mass is 9.86. The summed E-state index contributed by atoms with van der Waals surface area (Å²) >= 11 is 0. The molecule has 2 heterocycles. The van der Waals surface area contributed by atoms with Gasteiger partial charge < -0.3 is 19.9 Å². The van der Waals surface area contributed by atoms with Crippen LogP contribution in [0.1, 0.15) is 33.0 Å². The number of benzene rings is 4. The van der Waals surface area contributed by atoms with Gasteiger partial charge in [0.15, 0.2) is 0 Å². The van der Waals surface area contributed by atoms with E-state index in [4.69, 9.17) is 4.74 Å². The van der Waals surface area contributed by atoms with Crippen molar-refractivity contribution in [3.63, 3.8) is 0 Å². The van der Waals surface area contributed by atoms with Crippen LogP contribution < -0.4 is 15.0 Å². The highest BCUT2D eigenvalue weighted by Gasteiger charge is 2.36. The van der Waals surface area contributed by atoms with Crippen LogP contribution in [0, 0.1) is 17.0 Å². The molecular weight excluding hydrogens is 520 g/mol. The van der Waals surface area contributed by atoms with E-state index in [0.717, 1.165) is 28.3 Å². The third-order valence-corrected chi connectivity index (χ3v) is 7.68. The number of ether oxygens (including phenoxy) is 1. The molecule has 206 valence electrons. The first kappa shape index (κ1) is 26.1. The number of anilines is 2. The number of rotatable bonds is 5. The number of aryl methyl sites for hydroxylation is 1. The normalized spacial score (nSPS) is 14.5. The fraction of sp³-hybridized carbons (Fsp3) is 0.188. The summed E-state index contributed by atoms with van der Waals surface area (Å²) in [6, 6.07) is 27.3. The van der Waals surface area contributed by atoms with E-state index in [9.17, 15) is 19.7 Å². The molecule has 0 saturated carbocycles. The zero-order chi connectivity index (χ0) is 28.5. The van der Waals surface area contributed by atoms with Gasteiger partial charge in [-0.15, -0.1) is 0 Å². The van der Waals surface area contributed by atoms with Crippen molar-refractivity contribution in [3.05, 3.63) is 123 Å². The van der Waals surface area contributed by atoms with E-state index < -0.39 is 16.7 Å². The van der Waals surface area contributed by atoms with Gasteiger partial charge in [0.2, 0.25) is 5.91 Å². The lowest BCUT2D eigenvalue weighted by Crippen LogP contribution is -2.50. The molecule has 9 nitrogen and oxygen atoms in total. The van der Waals surface area contributed by atoms with Crippen molar-refractivity contribution in [2.24, 2.45) is 0 Å². The Morgan fingerprint density at radius 3 is 2.07 bits per heavy atom. The average Bonchev–Trinajstić information content (AvgIpc) is 3.00. The summed E-state index contributed by atoms with van der Waals surface area (Å²) in [5.74, 6) is 0.694. The maximum atomic E-state index is 13.8. The van der Waals surface area contributed by atoms with E-state index in [2.05, 4.69) is 10.2 Å². The summed E-state index contributed by atoms with van der Waals surface area (Å²) in [5, 5.41) is 14.0. The molecule has 0 spiro atoms. The number of amides is 2. The van der Waals surface area contributed by atoms with Crippen LogP contribution in [0.25, 0.3) is 0 Å². The number of hydrogen-bond acceptors (Lipinski definition) is 6. The minimum absolute atomic E-state index is 0.0715. The average molecular weight is 549 g/mol. The second kappa shape index (κ2) is 10.8. The molecular formula is C32H28N4O5. The van der Waals surface area contributed by atoms with Gasteiger partial charge in [0.05, 0.1) is 10.8 Å². The number of piperazine rings is 1. The van der Waals surface area contributed by atoms with Gasteiger partial charge in [0.25, 0.3) is 11.6 Å². The van der Waals surface area contributed by atoms with Crippen LogP contribution in [-0.4, -0.2) is 47.8 Å². The Bertz CT molecular complexity index is 1600. The molecule has 1 saturated heterocycles. The molecule has 0 unspecified atom stereocenters. The molecule has 41 heavy (non-hydrogen) atoms. The predicted molar refractivity (Wildman–Crippen MR) is 156 cm³/mol. The van der Waals surface area contributed by atoms with E-state index >= 15 is 0 Å². The summed E-state index contributed by atoms with van der Waals surface area (Å²) < 4.78 is 6.07. The van der Waals surface area contributed by atoms with Crippen LogP contribution in [0.3, 0.4) is 0 Å². The van der Waals surface area contributed by atoms with Gasteiger partial charge in [-0.1, -0.05) is 42.5 Å². The fourth-order valence-corrected chi connectivity index (χ4v) is 5.45. The first-order valence-corrected chi connectivity index (χ1v) is 13.4. The minimum Gasteiger partial charge on any atom is -0.457 e. The first-order valence-electron chi connectivity index (χ1n) is 13.4. The van der Waals surface area contributed by atoms with Crippen molar-refractivity contribution in [2.75, 3.05) is 36.4 Å². The van der Waals surface area contributed by atoms with Crippen LogP contribution in [0.5, 0.6) is 11.5 Å². The summed E-state index contributed by atoms with van der Waals surface area (Å²) in [6.07, 6.45) is 0. The van der Waals surface area contributed by atoms with Gasteiger partial charge in [-0.2, -0.15) is 0 Å². The second-order valence-electron chi connectivity index (χ2n) is 10.2. The molecule has 1 N–H and O–H groups in total. The van der Waals surface area contributed by atoms with Gasteiger partial charge in [-0.3, -0.25) is 19.7 Å². The van der Waals surface area contributed by atoms with Gasteiger partial charge in [0.1, 0.15) is 11.5 Å². The monoisotopic (exact) mass is 548 g/mol. The Morgan fingerprint density at radius 2 is 1.46 bits per heavy atom. The van der Waals surface area contributed by atoms with E-state index in [1.54, 1.807) is 19.1 Å². The van der Waals surface area contributed by atoms with Crippen LogP contribution >= 0.6 is 0 Å². The van der Waals surface area contributed by atoms with Crippen molar-refractivity contribution in [2.45, 2.75) is 12.8 Å². The number of para-hydroxylation sites is 2. The molecule has 2 aliphatic heterocycles. The quantitative estimate of drug-likeness (QED) is 0.252. The van der Waals surface area contributed by atoms with E-state index in [0.29, 0.717) is 37.4 Å². The minimum atomic E-state index is -0.490. The van der Waals surface area contributed by atoms with Gasteiger partial charge in [-0.25, -0.2) is 0 Å². The van der Waals surface area contributed by atoms with E-state index in [1.165, 1.54) is 6.07 Å². The fourth-order valence-electron chi connectivity index (χ4n) is 5.45. The zero-order valence-corrected chi connectivity index (χ0v) is 22.4. The SMILES string of the molecule is Cc1ccc(C(=O)Nc2ccc(N3CCN(C(=O)C4c5ccccc5Oc5ccccc54)CC3)cc2)cc1[N+](=O)[O-]. The standard InChI is InChI=1S/C32H28N4O5/c1-21-10-11-22(20-27(21)36(39)40)31(37)33-23-12-14-24(15-13-23)34-16-18-35(19-17-34)32(38)30-25-6-2-4-8-28(25)41-29-9-5-3-7-26(29)30/h2-15,20,30H,16-19H2,1H3,(H,33,37). The Labute approximate surface area is 237 Å². The highest BCUT2D eigenvalue weighted by molar-refractivity contribution is 6.04.